The minimum absolute atomic E-state index is 0.0519. The Labute approximate surface area is 134 Å². The maximum atomic E-state index is 13.0. The van der Waals surface area contributed by atoms with E-state index in [4.69, 9.17) is 11.6 Å². The van der Waals surface area contributed by atoms with Gasteiger partial charge in [-0.3, -0.25) is 9.36 Å². The molecule has 0 saturated carbocycles. The van der Waals surface area contributed by atoms with Crippen LogP contribution in [0.3, 0.4) is 0 Å². The lowest BCUT2D eigenvalue weighted by atomic mass is 9.95. The Kier molecular flexibility index (Phi) is 3.27. The van der Waals surface area contributed by atoms with Gasteiger partial charge in [0.2, 0.25) is 0 Å². The lowest BCUT2D eigenvalue weighted by molar-refractivity contribution is 0.0961. The number of halogens is 1. The van der Waals surface area contributed by atoms with E-state index in [9.17, 15) is 4.79 Å². The Hall–Kier alpha value is -2.06. The van der Waals surface area contributed by atoms with Gasteiger partial charge in [0, 0.05) is 21.7 Å². The number of aromatic nitrogens is 1. The summed E-state index contributed by atoms with van der Waals surface area (Å²) in [6.07, 6.45) is 4.30. The topological polar surface area (TPSA) is 22.0 Å². The van der Waals surface area contributed by atoms with Crippen LogP contribution < -0.4 is 0 Å². The Morgan fingerprint density at radius 1 is 1.00 bits per heavy atom. The van der Waals surface area contributed by atoms with Crippen LogP contribution in [0, 0.1) is 0 Å². The van der Waals surface area contributed by atoms with Gasteiger partial charge in [-0.2, -0.15) is 0 Å². The smallest absolute Gasteiger partial charge is 0.262 e. The van der Waals surface area contributed by atoms with Gasteiger partial charge in [0.25, 0.3) is 5.91 Å². The van der Waals surface area contributed by atoms with E-state index >= 15 is 0 Å². The van der Waals surface area contributed by atoms with E-state index in [0.29, 0.717) is 0 Å². The van der Waals surface area contributed by atoms with Gasteiger partial charge in [-0.15, -0.1) is 0 Å². The second-order valence-electron chi connectivity index (χ2n) is 5.80. The second kappa shape index (κ2) is 5.29. The molecule has 0 N–H and O–H groups in total. The average molecular weight is 310 g/mol. The first kappa shape index (κ1) is 13.6. The quantitative estimate of drug-likeness (QED) is 0.629. The maximum Gasteiger partial charge on any atom is 0.262 e. The molecule has 1 heterocycles. The van der Waals surface area contributed by atoms with Crippen molar-refractivity contribution >= 4 is 28.4 Å². The number of fused-ring (bicyclic) bond motifs is 3. The third kappa shape index (κ3) is 2.06. The molecule has 0 radical (unpaired) electrons. The highest BCUT2D eigenvalue weighted by Crippen LogP contribution is 2.34. The van der Waals surface area contributed by atoms with Crippen molar-refractivity contribution in [2.24, 2.45) is 0 Å². The van der Waals surface area contributed by atoms with Crippen LogP contribution >= 0.6 is 11.6 Å². The van der Waals surface area contributed by atoms with Crippen LogP contribution in [0.4, 0.5) is 0 Å². The Morgan fingerprint density at radius 2 is 1.77 bits per heavy atom. The molecule has 22 heavy (non-hydrogen) atoms. The van der Waals surface area contributed by atoms with E-state index < -0.39 is 0 Å². The van der Waals surface area contributed by atoms with Crippen molar-refractivity contribution in [3.8, 4) is 0 Å². The van der Waals surface area contributed by atoms with Gasteiger partial charge in [0.15, 0.2) is 0 Å². The molecular formula is C19H16ClNO. The van der Waals surface area contributed by atoms with Crippen molar-refractivity contribution in [2.75, 3.05) is 0 Å². The summed E-state index contributed by atoms with van der Waals surface area (Å²) in [5.74, 6) is 0.0519. The van der Waals surface area contributed by atoms with E-state index in [1.54, 1.807) is 0 Å². The first-order valence-electron chi connectivity index (χ1n) is 7.67. The number of benzene rings is 2. The van der Waals surface area contributed by atoms with Crippen LogP contribution in [-0.4, -0.2) is 10.5 Å². The molecule has 1 aromatic heterocycles. The fourth-order valence-electron chi connectivity index (χ4n) is 3.46. The van der Waals surface area contributed by atoms with Gasteiger partial charge in [-0.1, -0.05) is 29.8 Å². The first-order chi connectivity index (χ1) is 10.8. The zero-order chi connectivity index (χ0) is 15.1. The van der Waals surface area contributed by atoms with Crippen molar-refractivity contribution in [2.45, 2.75) is 25.7 Å². The summed E-state index contributed by atoms with van der Waals surface area (Å²) >= 11 is 6.17. The van der Waals surface area contributed by atoms with E-state index in [-0.39, 0.29) is 5.91 Å². The Balaban J connectivity index is 1.99. The van der Waals surface area contributed by atoms with Crippen molar-refractivity contribution in [3.05, 3.63) is 70.4 Å². The monoisotopic (exact) mass is 309 g/mol. The van der Waals surface area contributed by atoms with Gasteiger partial charge < -0.3 is 0 Å². The molecule has 110 valence electrons. The second-order valence-corrected chi connectivity index (χ2v) is 6.24. The van der Waals surface area contributed by atoms with E-state index in [1.807, 2.05) is 53.1 Å². The number of nitrogens with zero attached hydrogens (tertiary/aromatic N) is 1. The standard InChI is InChI=1S/C19H16ClNO/c20-14-10-11-18-16(12-14)15-8-4-5-9-17(15)21(18)19(22)13-6-2-1-3-7-13/h1-3,6-7,10-12H,4-5,8-9H2. The van der Waals surface area contributed by atoms with Gasteiger partial charge in [-0.05, 0) is 61.6 Å². The summed E-state index contributed by atoms with van der Waals surface area (Å²) in [7, 11) is 0. The number of carbonyl (C=O) groups is 1. The van der Waals surface area contributed by atoms with Gasteiger partial charge in [0.05, 0.1) is 5.52 Å². The molecule has 3 heteroatoms. The third-order valence-corrected chi connectivity index (χ3v) is 4.69. The van der Waals surface area contributed by atoms with Crippen LogP contribution in [0.15, 0.2) is 48.5 Å². The Bertz CT molecular complexity index is 864. The van der Waals surface area contributed by atoms with Crippen molar-refractivity contribution in [3.63, 3.8) is 0 Å². The molecule has 0 fully saturated rings. The fourth-order valence-corrected chi connectivity index (χ4v) is 3.63. The van der Waals surface area contributed by atoms with E-state index in [1.165, 1.54) is 12.0 Å². The Morgan fingerprint density at radius 3 is 2.59 bits per heavy atom. The summed E-state index contributed by atoms with van der Waals surface area (Å²) in [4.78, 5) is 13.0. The van der Waals surface area contributed by atoms with Crippen LogP contribution in [-0.2, 0) is 12.8 Å². The van der Waals surface area contributed by atoms with Crippen LogP contribution in [0.5, 0.6) is 0 Å². The minimum atomic E-state index is 0.0519. The largest absolute Gasteiger partial charge is 0.280 e. The van der Waals surface area contributed by atoms with Crippen LogP contribution in [0.2, 0.25) is 5.02 Å². The molecule has 0 spiro atoms. The lowest BCUT2D eigenvalue weighted by Crippen LogP contribution is -2.17. The van der Waals surface area contributed by atoms with Crippen LogP contribution in [0.25, 0.3) is 10.9 Å². The van der Waals surface area contributed by atoms with Crippen molar-refractivity contribution in [1.29, 1.82) is 0 Å². The zero-order valence-corrected chi connectivity index (χ0v) is 12.9. The molecule has 3 aromatic rings. The van der Waals surface area contributed by atoms with Gasteiger partial charge in [0.1, 0.15) is 0 Å². The number of rotatable bonds is 1. The number of hydrogen-bond donors (Lipinski definition) is 0. The van der Waals surface area contributed by atoms with Crippen molar-refractivity contribution < 1.29 is 4.79 Å². The van der Waals surface area contributed by atoms with Crippen molar-refractivity contribution in [1.82, 2.24) is 4.57 Å². The predicted molar refractivity (Wildman–Crippen MR) is 89.8 cm³/mol. The molecule has 2 aromatic carbocycles. The van der Waals surface area contributed by atoms with Crippen LogP contribution in [0.1, 0.15) is 34.5 Å². The normalized spacial score (nSPS) is 14.0. The molecular weight excluding hydrogens is 294 g/mol. The highest BCUT2D eigenvalue weighted by atomic mass is 35.5. The molecule has 0 amide bonds. The summed E-state index contributed by atoms with van der Waals surface area (Å²) in [5, 5.41) is 1.86. The highest BCUT2D eigenvalue weighted by molar-refractivity contribution is 6.31. The molecule has 2 nitrogen and oxygen atoms in total. The summed E-state index contributed by atoms with van der Waals surface area (Å²) in [6.45, 7) is 0. The van der Waals surface area contributed by atoms with E-state index in [0.717, 1.165) is 46.4 Å². The summed E-state index contributed by atoms with van der Waals surface area (Å²) in [6, 6.07) is 15.3. The first-order valence-corrected chi connectivity index (χ1v) is 8.05. The number of carbonyl (C=O) groups excluding carboxylic acids is 1. The lowest BCUT2D eigenvalue weighted by Gasteiger charge is -2.15. The fraction of sp³-hybridized carbons (Fsp3) is 0.211. The summed E-state index contributed by atoms with van der Waals surface area (Å²) < 4.78 is 1.90. The average Bonchev–Trinajstić information content (AvgIpc) is 2.89. The SMILES string of the molecule is O=C(c1ccccc1)n1c2c(c3cc(Cl)ccc31)CCCC2. The van der Waals surface area contributed by atoms with Gasteiger partial charge >= 0.3 is 0 Å². The molecule has 4 rings (SSSR count). The van der Waals surface area contributed by atoms with E-state index in [2.05, 4.69) is 0 Å². The highest BCUT2D eigenvalue weighted by Gasteiger charge is 2.24. The molecule has 1 aliphatic carbocycles. The third-order valence-electron chi connectivity index (χ3n) is 4.46. The minimum Gasteiger partial charge on any atom is -0.280 e. The van der Waals surface area contributed by atoms with Gasteiger partial charge in [-0.25, -0.2) is 0 Å². The molecule has 0 saturated heterocycles. The molecule has 0 aliphatic heterocycles. The molecule has 0 atom stereocenters. The number of hydrogen-bond acceptors (Lipinski definition) is 1. The predicted octanol–water partition coefficient (Wildman–Crippen LogP) is 4.86. The molecule has 0 unspecified atom stereocenters. The summed E-state index contributed by atoms with van der Waals surface area (Å²) in [5.41, 5.74) is 4.17. The molecule has 0 bridgehead atoms. The number of aryl methyl sites for hydroxylation is 1. The zero-order valence-electron chi connectivity index (χ0n) is 12.2. The molecule has 1 aliphatic rings. The maximum absolute atomic E-state index is 13.0.